The minimum atomic E-state index is -2.04. The van der Waals surface area contributed by atoms with Crippen molar-refractivity contribution >= 4 is 19.5 Å². The number of hydrogen-bond acceptors (Lipinski definition) is 0. The first-order chi connectivity index (χ1) is 6.88. The van der Waals surface area contributed by atoms with E-state index in [4.69, 9.17) is 0 Å². The molecule has 0 heterocycles. The molecule has 0 amide bonds. The number of hydrogen-bond donors (Lipinski definition) is 0. The van der Waals surface area contributed by atoms with Gasteiger partial charge in [0, 0.05) is 0 Å². The molecule has 0 atom stereocenters. The summed E-state index contributed by atoms with van der Waals surface area (Å²) in [6.45, 7) is 0. The van der Waals surface area contributed by atoms with Gasteiger partial charge in [-0.05, 0) is 0 Å². The summed E-state index contributed by atoms with van der Waals surface area (Å²) >= 11 is 0. The summed E-state index contributed by atoms with van der Waals surface area (Å²) in [5, 5.41) is 1.62. The van der Waals surface area contributed by atoms with Crippen LogP contribution in [0.25, 0.3) is 0 Å². The molecule has 0 aliphatic heterocycles. The molecular formula is C12H10FSi-. The van der Waals surface area contributed by atoms with Crippen LogP contribution in [-0.4, -0.2) is 9.13 Å². The van der Waals surface area contributed by atoms with E-state index in [9.17, 15) is 4.11 Å². The van der Waals surface area contributed by atoms with Crippen molar-refractivity contribution in [3.05, 3.63) is 60.7 Å². The van der Waals surface area contributed by atoms with E-state index in [1.807, 2.05) is 60.7 Å². The molecule has 14 heavy (non-hydrogen) atoms. The molecule has 0 aromatic heterocycles. The standard InChI is InChI=1S/C12H10FSi/c13-14(11-7-3-1-4-8-11)12-9-5-2-6-10-12/h1-10H/q-1. The molecule has 0 saturated heterocycles. The fourth-order valence-corrected chi connectivity index (χ4v) is 2.64. The second kappa shape index (κ2) is 4.20. The van der Waals surface area contributed by atoms with Crippen LogP contribution in [0, 0.1) is 0 Å². The van der Waals surface area contributed by atoms with Gasteiger partial charge >= 0.3 is 0 Å². The third-order valence-electron chi connectivity index (χ3n) is 2.05. The minimum Gasteiger partial charge on any atom is -0.483 e. The number of benzene rings is 2. The Hall–Kier alpha value is -1.41. The van der Waals surface area contributed by atoms with Crippen molar-refractivity contribution < 1.29 is 4.11 Å². The Bertz CT molecular complexity index is 346. The van der Waals surface area contributed by atoms with Gasteiger partial charge in [0.25, 0.3) is 0 Å². The average molecular weight is 201 g/mol. The summed E-state index contributed by atoms with van der Waals surface area (Å²) in [7, 11) is -2.04. The van der Waals surface area contributed by atoms with Crippen LogP contribution in [0.15, 0.2) is 60.7 Å². The van der Waals surface area contributed by atoms with Crippen LogP contribution in [-0.2, 0) is 0 Å². The van der Waals surface area contributed by atoms with Crippen LogP contribution >= 0.6 is 0 Å². The summed E-state index contributed by atoms with van der Waals surface area (Å²) in [4.78, 5) is 0. The zero-order valence-corrected chi connectivity index (χ0v) is 8.65. The van der Waals surface area contributed by atoms with E-state index >= 15 is 0 Å². The second-order valence-corrected chi connectivity index (χ2v) is 4.83. The lowest BCUT2D eigenvalue weighted by molar-refractivity contribution is 0.865. The molecule has 0 nitrogen and oxygen atoms in total. The SMILES string of the molecule is F[Si-](c1ccccc1)c1ccccc1. The highest BCUT2D eigenvalue weighted by Crippen LogP contribution is 1.92. The molecule has 2 aromatic rings. The minimum absolute atomic E-state index is 0.809. The van der Waals surface area contributed by atoms with Crippen LogP contribution in [0.4, 0.5) is 4.11 Å². The molecule has 2 rings (SSSR count). The molecule has 0 saturated carbocycles. The predicted octanol–water partition coefficient (Wildman–Crippen LogP) is 1.76. The third kappa shape index (κ3) is 1.91. The van der Waals surface area contributed by atoms with Crippen LogP contribution in [0.1, 0.15) is 0 Å². The summed E-state index contributed by atoms with van der Waals surface area (Å²) < 4.78 is 14.0. The van der Waals surface area contributed by atoms with Crippen molar-refractivity contribution in [2.24, 2.45) is 0 Å². The van der Waals surface area contributed by atoms with E-state index in [1.54, 1.807) is 0 Å². The fourth-order valence-electron chi connectivity index (χ4n) is 1.34. The lowest BCUT2D eigenvalue weighted by Gasteiger charge is -2.22. The highest BCUT2D eigenvalue weighted by Gasteiger charge is 1.96. The zero-order valence-electron chi connectivity index (χ0n) is 7.65. The predicted molar refractivity (Wildman–Crippen MR) is 59.0 cm³/mol. The van der Waals surface area contributed by atoms with Crippen molar-refractivity contribution in [2.45, 2.75) is 0 Å². The Morgan fingerprint density at radius 3 is 1.36 bits per heavy atom. The van der Waals surface area contributed by atoms with E-state index < -0.39 is 9.13 Å². The Labute approximate surface area is 84.8 Å². The zero-order chi connectivity index (χ0) is 9.80. The van der Waals surface area contributed by atoms with Gasteiger partial charge in [0.15, 0.2) is 0 Å². The van der Waals surface area contributed by atoms with Gasteiger partial charge in [0.1, 0.15) is 0 Å². The summed E-state index contributed by atoms with van der Waals surface area (Å²) in [5.41, 5.74) is 0. The molecule has 0 bridgehead atoms. The Morgan fingerprint density at radius 2 is 1.00 bits per heavy atom. The summed E-state index contributed by atoms with van der Waals surface area (Å²) in [6, 6.07) is 18.7. The van der Waals surface area contributed by atoms with Crippen LogP contribution in [0.5, 0.6) is 0 Å². The van der Waals surface area contributed by atoms with Crippen LogP contribution in [0.2, 0.25) is 0 Å². The largest absolute Gasteiger partial charge is 0.483 e. The van der Waals surface area contributed by atoms with Gasteiger partial charge in [0.05, 0.1) is 0 Å². The Kier molecular flexibility index (Phi) is 2.75. The molecule has 0 radical (unpaired) electrons. The van der Waals surface area contributed by atoms with Crippen molar-refractivity contribution in [2.75, 3.05) is 0 Å². The summed E-state index contributed by atoms with van der Waals surface area (Å²) in [6.07, 6.45) is 0. The van der Waals surface area contributed by atoms with E-state index in [1.165, 1.54) is 0 Å². The lowest BCUT2D eigenvalue weighted by atomic mass is 10.4. The van der Waals surface area contributed by atoms with Crippen LogP contribution in [0.3, 0.4) is 0 Å². The molecule has 0 unspecified atom stereocenters. The smallest absolute Gasteiger partial charge is 0.0625 e. The van der Waals surface area contributed by atoms with Crippen molar-refractivity contribution in [3.63, 3.8) is 0 Å². The molecule has 70 valence electrons. The van der Waals surface area contributed by atoms with Gasteiger partial charge in [-0.25, -0.2) is 0 Å². The van der Waals surface area contributed by atoms with Gasteiger partial charge in [-0.3, -0.25) is 0 Å². The molecule has 2 heteroatoms. The van der Waals surface area contributed by atoms with Crippen molar-refractivity contribution in [1.29, 1.82) is 0 Å². The maximum atomic E-state index is 14.0. The highest BCUT2D eigenvalue weighted by molar-refractivity contribution is 6.79. The molecule has 0 aliphatic carbocycles. The summed E-state index contributed by atoms with van der Waals surface area (Å²) in [5.74, 6) is 0. The molecule has 0 spiro atoms. The number of halogens is 1. The molecule has 0 aliphatic rings. The van der Waals surface area contributed by atoms with Gasteiger partial charge < -0.3 is 4.11 Å². The first-order valence-electron chi connectivity index (χ1n) is 4.51. The Balaban J connectivity index is 2.30. The van der Waals surface area contributed by atoms with E-state index in [2.05, 4.69) is 0 Å². The number of rotatable bonds is 2. The van der Waals surface area contributed by atoms with Gasteiger partial charge in [-0.15, -0.1) is 0 Å². The highest BCUT2D eigenvalue weighted by atomic mass is 28.3. The van der Waals surface area contributed by atoms with Crippen LogP contribution < -0.4 is 10.4 Å². The first-order valence-corrected chi connectivity index (χ1v) is 5.89. The normalized spacial score (nSPS) is 9.79. The first kappa shape index (κ1) is 9.15. The maximum absolute atomic E-state index is 14.0. The van der Waals surface area contributed by atoms with Gasteiger partial charge in [-0.1, -0.05) is 69.8 Å². The van der Waals surface area contributed by atoms with Crippen molar-refractivity contribution in [3.8, 4) is 0 Å². The van der Waals surface area contributed by atoms with Crippen molar-refractivity contribution in [1.82, 2.24) is 0 Å². The topological polar surface area (TPSA) is 0 Å². The second-order valence-electron chi connectivity index (χ2n) is 3.05. The lowest BCUT2D eigenvalue weighted by Crippen LogP contribution is -2.37. The van der Waals surface area contributed by atoms with Gasteiger partial charge in [-0.2, -0.15) is 10.4 Å². The van der Waals surface area contributed by atoms with E-state index in [-0.39, 0.29) is 0 Å². The van der Waals surface area contributed by atoms with Gasteiger partial charge in [0.2, 0.25) is 0 Å². The molecule has 0 fully saturated rings. The maximum Gasteiger partial charge on any atom is -0.0625 e. The molecular weight excluding hydrogens is 191 g/mol. The fraction of sp³-hybridized carbons (Fsp3) is 0. The Morgan fingerprint density at radius 1 is 0.643 bits per heavy atom. The van der Waals surface area contributed by atoms with E-state index in [0.29, 0.717) is 0 Å². The van der Waals surface area contributed by atoms with E-state index in [0.717, 1.165) is 10.4 Å². The molecule has 2 aromatic carbocycles. The monoisotopic (exact) mass is 201 g/mol. The molecule has 0 N–H and O–H groups in total. The third-order valence-corrected chi connectivity index (χ3v) is 3.73. The quantitative estimate of drug-likeness (QED) is 0.513. The average Bonchev–Trinajstić information content (AvgIpc) is 2.30.